The SMILES string of the molecule is COc1cc(CCC(=O)N2CCO[C@@](C)(C(N)=O)C2)on1. The first-order valence-electron chi connectivity index (χ1n) is 6.66. The molecule has 1 atom stereocenters. The van der Waals surface area contributed by atoms with Crippen molar-refractivity contribution in [1.29, 1.82) is 0 Å². The van der Waals surface area contributed by atoms with Crippen LogP contribution in [-0.2, 0) is 20.7 Å². The number of primary amides is 1. The van der Waals surface area contributed by atoms with Crippen LogP contribution in [-0.4, -0.2) is 54.3 Å². The van der Waals surface area contributed by atoms with Crippen LogP contribution in [0.2, 0.25) is 0 Å². The van der Waals surface area contributed by atoms with Gasteiger partial charge in [-0.25, -0.2) is 0 Å². The summed E-state index contributed by atoms with van der Waals surface area (Å²) in [4.78, 5) is 25.1. The van der Waals surface area contributed by atoms with E-state index in [-0.39, 0.29) is 18.9 Å². The van der Waals surface area contributed by atoms with E-state index in [4.69, 9.17) is 19.7 Å². The molecule has 8 heteroatoms. The number of nitrogens with zero attached hydrogens (tertiary/aromatic N) is 2. The van der Waals surface area contributed by atoms with Crippen molar-refractivity contribution >= 4 is 11.8 Å². The summed E-state index contributed by atoms with van der Waals surface area (Å²) in [5.74, 6) is 0.303. The maximum Gasteiger partial charge on any atom is 0.254 e. The molecule has 1 aliphatic rings. The zero-order valence-corrected chi connectivity index (χ0v) is 12.1. The number of nitrogens with two attached hydrogens (primary N) is 1. The van der Waals surface area contributed by atoms with Gasteiger partial charge in [0.1, 0.15) is 5.76 Å². The molecule has 0 saturated carbocycles. The van der Waals surface area contributed by atoms with Gasteiger partial charge in [-0.3, -0.25) is 9.59 Å². The average Bonchev–Trinajstić information content (AvgIpc) is 2.92. The summed E-state index contributed by atoms with van der Waals surface area (Å²) < 4.78 is 15.3. The van der Waals surface area contributed by atoms with Crippen molar-refractivity contribution < 1.29 is 23.6 Å². The van der Waals surface area contributed by atoms with Crippen LogP contribution in [0.25, 0.3) is 0 Å². The topological polar surface area (TPSA) is 108 Å². The van der Waals surface area contributed by atoms with Gasteiger partial charge in [0, 0.05) is 25.5 Å². The number of methoxy groups -OCH3 is 1. The minimum Gasteiger partial charge on any atom is -0.479 e. The number of morpholine rings is 1. The van der Waals surface area contributed by atoms with Crippen molar-refractivity contribution in [3.8, 4) is 5.88 Å². The molecule has 0 aromatic carbocycles. The van der Waals surface area contributed by atoms with E-state index < -0.39 is 11.5 Å². The summed E-state index contributed by atoms with van der Waals surface area (Å²) in [5.41, 5.74) is 4.19. The fraction of sp³-hybridized carbons (Fsp3) is 0.615. The van der Waals surface area contributed by atoms with Crippen LogP contribution in [0.1, 0.15) is 19.1 Å². The summed E-state index contributed by atoms with van der Waals surface area (Å²) >= 11 is 0. The second kappa shape index (κ2) is 6.13. The molecule has 0 radical (unpaired) electrons. The number of hydrogen-bond acceptors (Lipinski definition) is 6. The van der Waals surface area contributed by atoms with Crippen LogP contribution in [0, 0.1) is 0 Å². The molecule has 0 unspecified atom stereocenters. The largest absolute Gasteiger partial charge is 0.479 e. The smallest absolute Gasteiger partial charge is 0.254 e. The van der Waals surface area contributed by atoms with Crippen LogP contribution in [0.3, 0.4) is 0 Å². The second-order valence-corrected chi connectivity index (χ2v) is 5.09. The molecular formula is C13H19N3O5. The number of amides is 2. The Kier molecular flexibility index (Phi) is 4.46. The molecule has 116 valence electrons. The molecule has 1 fully saturated rings. The van der Waals surface area contributed by atoms with Crippen LogP contribution < -0.4 is 10.5 Å². The lowest BCUT2D eigenvalue weighted by molar-refractivity contribution is -0.160. The molecule has 2 amide bonds. The maximum absolute atomic E-state index is 12.2. The fourth-order valence-corrected chi connectivity index (χ4v) is 2.13. The van der Waals surface area contributed by atoms with Gasteiger partial charge in [-0.05, 0) is 12.1 Å². The summed E-state index contributed by atoms with van der Waals surface area (Å²) in [6.07, 6.45) is 0.674. The Labute approximate surface area is 122 Å². The summed E-state index contributed by atoms with van der Waals surface area (Å²) in [6.45, 7) is 2.50. The standard InChI is InChI=1S/C13H19N3O5/c1-13(12(14)18)8-16(5-6-20-13)11(17)4-3-9-7-10(19-2)15-21-9/h7H,3-6,8H2,1-2H3,(H2,14,18)/t13-/m1/s1. The molecular weight excluding hydrogens is 278 g/mol. The summed E-state index contributed by atoms with van der Waals surface area (Å²) in [5, 5.41) is 3.67. The molecule has 8 nitrogen and oxygen atoms in total. The fourth-order valence-electron chi connectivity index (χ4n) is 2.13. The minimum absolute atomic E-state index is 0.0823. The lowest BCUT2D eigenvalue weighted by Crippen LogP contribution is -2.58. The lowest BCUT2D eigenvalue weighted by Gasteiger charge is -2.38. The Morgan fingerprint density at radius 1 is 1.57 bits per heavy atom. The highest BCUT2D eigenvalue weighted by Gasteiger charge is 2.39. The third-order valence-corrected chi connectivity index (χ3v) is 3.48. The first-order chi connectivity index (χ1) is 9.94. The number of aromatic nitrogens is 1. The molecule has 2 N–H and O–H groups in total. The number of hydrogen-bond donors (Lipinski definition) is 1. The molecule has 21 heavy (non-hydrogen) atoms. The summed E-state index contributed by atoms with van der Waals surface area (Å²) in [6, 6.07) is 1.64. The molecule has 1 aliphatic heterocycles. The second-order valence-electron chi connectivity index (χ2n) is 5.09. The van der Waals surface area contributed by atoms with Crippen molar-refractivity contribution in [3.63, 3.8) is 0 Å². The van der Waals surface area contributed by atoms with Crippen molar-refractivity contribution in [2.45, 2.75) is 25.4 Å². The van der Waals surface area contributed by atoms with Crippen molar-refractivity contribution in [3.05, 3.63) is 11.8 Å². The monoisotopic (exact) mass is 297 g/mol. The Balaban J connectivity index is 1.89. The third-order valence-electron chi connectivity index (χ3n) is 3.48. The van der Waals surface area contributed by atoms with Gasteiger partial charge in [-0.15, -0.1) is 0 Å². The Bertz CT molecular complexity index is 530. The van der Waals surface area contributed by atoms with Crippen LogP contribution in [0.5, 0.6) is 5.88 Å². The van der Waals surface area contributed by atoms with Crippen molar-refractivity contribution in [2.75, 3.05) is 26.8 Å². The van der Waals surface area contributed by atoms with Gasteiger partial charge in [0.25, 0.3) is 11.8 Å². The first kappa shape index (κ1) is 15.3. The van der Waals surface area contributed by atoms with Crippen LogP contribution >= 0.6 is 0 Å². The van der Waals surface area contributed by atoms with E-state index >= 15 is 0 Å². The normalized spacial score (nSPS) is 22.1. The average molecular weight is 297 g/mol. The van der Waals surface area contributed by atoms with Gasteiger partial charge in [-0.1, -0.05) is 0 Å². The highest BCUT2D eigenvalue weighted by molar-refractivity contribution is 5.85. The van der Waals surface area contributed by atoms with Gasteiger partial charge in [-0.2, -0.15) is 0 Å². The molecule has 1 saturated heterocycles. The Morgan fingerprint density at radius 2 is 2.33 bits per heavy atom. The summed E-state index contributed by atoms with van der Waals surface area (Å²) in [7, 11) is 1.49. The van der Waals surface area contributed by atoms with E-state index in [0.29, 0.717) is 31.2 Å². The molecule has 0 aliphatic carbocycles. The van der Waals surface area contributed by atoms with E-state index in [2.05, 4.69) is 5.16 Å². The highest BCUT2D eigenvalue weighted by Crippen LogP contribution is 2.19. The number of aryl methyl sites for hydroxylation is 1. The first-order valence-corrected chi connectivity index (χ1v) is 6.66. The highest BCUT2D eigenvalue weighted by atomic mass is 16.5. The van der Waals surface area contributed by atoms with E-state index in [1.165, 1.54) is 7.11 Å². The van der Waals surface area contributed by atoms with Crippen molar-refractivity contribution in [1.82, 2.24) is 10.1 Å². The zero-order valence-electron chi connectivity index (χ0n) is 12.1. The number of carbonyl (C=O) groups is 2. The van der Waals surface area contributed by atoms with E-state index in [9.17, 15) is 9.59 Å². The Morgan fingerprint density at radius 3 is 2.95 bits per heavy atom. The van der Waals surface area contributed by atoms with Gasteiger partial charge >= 0.3 is 0 Å². The maximum atomic E-state index is 12.2. The molecule has 1 aromatic rings. The van der Waals surface area contributed by atoms with Crippen LogP contribution in [0.15, 0.2) is 10.6 Å². The molecule has 1 aromatic heterocycles. The molecule has 2 heterocycles. The predicted octanol–water partition coefficient (Wildman–Crippen LogP) is -0.281. The molecule has 2 rings (SSSR count). The molecule has 0 spiro atoms. The van der Waals surface area contributed by atoms with Gasteiger partial charge in [0.15, 0.2) is 5.60 Å². The quantitative estimate of drug-likeness (QED) is 0.800. The zero-order chi connectivity index (χ0) is 15.5. The van der Waals surface area contributed by atoms with Gasteiger partial charge in [0.2, 0.25) is 5.91 Å². The van der Waals surface area contributed by atoms with Gasteiger partial charge < -0.3 is 24.6 Å². The third kappa shape index (κ3) is 3.52. The lowest BCUT2D eigenvalue weighted by atomic mass is 10.0. The van der Waals surface area contributed by atoms with E-state index in [1.807, 2.05) is 0 Å². The molecule has 0 bridgehead atoms. The number of carbonyl (C=O) groups excluding carboxylic acids is 2. The Hall–Kier alpha value is -2.09. The predicted molar refractivity (Wildman–Crippen MR) is 71.5 cm³/mol. The van der Waals surface area contributed by atoms with E-state index in [0.717, 1.165) is 0 Å². The van der Waals surface area contributed by atoms with Crippen LogP contribution in [0.4, 0.5) is 0 Å². The minimum atomic E-state index is -1.12. The van der Waals surface area contributed by atoms with Crippen molar-refractivity contribution in [2.24, 2.45) is 5.73 Å². The van der Waals surface area contributed by atoms with Gasteiger partial charge in [0.05, 0.1) is 20.3 Å². The van der Waals surface area contributed by atoms with E-state index in [1.54, 1.807) is 17.9 Å². The number of ether oxygens (including phenoxy) is 2. The number of rotatable bonds is 5.